The summed E-state index contributed by atoms with van der Waals surface area (Å²) in [4.78, 5) is 13.9. The van der Waals surface area contributed by atoms with E-state index in [0.29, 0.717) is 13.0 Å². The third kappa shape index (κ3) is 6.56. The molecule has 0 saturated heterocycles. The van der Waals surface area contributed by atoms with Crippen molar-refractivity contribution in [3.05, 3.63) is 42.5 Å². The molecule has 0 aliphatic rings. The van der Waals surface area contributed by atoms with Crippen LogP contribution in [0.1, 0.15) is 25.3 Å². The zero-order valence-corrected chi connectivity index (χ0v) is 13.0. The fourth-order valence-corrected chi connectivity index (χ4v) is 2.21. The Balaban J connectivity index is 2.44. The quantitative estimate of drug-likeness (QED) is 0.687. The summed E-state index contributed by atoms with van der Waals surface area (Å²) < 4.78 is 0. The zero-order chi connectivity index (χ0) is 15.7. The van der Waals surface area contributed by atoms with Crippen molar-refractivity contribution in [2.75, 3.05) is 25.5 Å². The molecule has 0 aromatic heterocycles. The Labute approximate surface area is 127 Å². The van der Waals surface area contributed by atoms with E-state index in [-0.39, 0.29) is 12.5 Å². The average Bonchev–Trinajstić information content (AvgIpc) is 2.45. The van der Waals surface area contributed by atoms with Gasteiger partial charge in [-0.3, -0.25) is 9.69 Å². The molecule has 0 radical (unpaired) electrons. The number of benzene rings is 1. The van der Waals surface area contributed by atoms with Gasteiger partial charge in [-0.15, -0.1) is 6.58 Å². The van der Waals surface area contributed by atoms with Crippen LogP contribution in [0.3, 0.4) is 0 Å². The summed E-state index contributed by atoms with van der Waals surface area (Å²) in [5.74, 6) is -0.0608. The van der Waals surface area contributed by atoms with Crippen molar-refractivity contribution in [2.45, 2.75) is 32.3 Å². The van der Waals surface area contributed by atoms with Crippen LogP contribution in [0.5, 0.6) is 0 Å². The lowest BCUT2D eigenvalue weighted by Crippen LogP contribution is -2.35. The van der Waals surface area contributed by atoms with Crippen molar-refractivity contribution in [2.24, 2.45) is 0 Å². The zero-order valence-electron chi connectivity index (χ0n) is 13.0. The molecule has 4 nitrogen and oxygen atoms in total. The van der Waals surface area contributed by atoms with Crippen molar-refractivity contribution in [1.29, 1.82) is 0 Å². The summed E-state index contributed by atoms with van der Waals surface area (Å²) >= 11 is 0. The van der Waals surface area contributed by atoms with Gasteiger partial charge >= 0.3 is 0 Å². The lowest BCUT2D eigenvalue weighted by atomic mass is 10.1. The van der Waals surface area contributed by atoms with Crippen LogP contribution in [0.25, 0.3) is 0 Å². The van der Waals surface area contributed by atoms with Gasteiger partial charge in [-0.05, 0) is 37.9 Å². The number of anilines is 1. The van der Waals surface area contributed by atoms with Crippen LogP contribution in [0.2, 0.25) is 0 Å². The Morgan fingerprint density at radius 2 is 2.19 bits per heavy atom. The molecule has 0 saturated carbocycles. The van der Waals surface area contributed by atoms with Crippen LogP contribution in [-0.2, 0) is 11.2 Å². The van der Waals surface area contributed by atoms with E-state index < -0.39 is 6.10 Å². The summed E-state index contributed by atoms with van der Waals surface area (Å²) in [5.41, 5.74) is 1.99. The number of hydrogen-bond acceptors (Lipinski definition) is 3. The molecule has 0 heterocycles. The van der Waals surface area contributed by atoms with E-state index >= 15 is 0 Å². The lowest BCUT2D eigenvalue weighted by molar-refractivity contribution is -0.117. The van der Waals surface area contributed by atoms with Gasteiger partial charge in [-0.25, -0.2) is 0 Å². The summed E-state index contributed by atoms with van der Waals surface area (Å²) in [6.07, 6.45) is 3.70. The predicted octanol–water partition coefficient (Wildman–Crippen LogP) is 2.45. The van der Waals surface area contributed by atoms with E-state index in [0.717, 1.165) is 24.1 Å². The third-order valence-corrected chi connectivity index (χ3v) is 3.31. The molecule has 1 rings (SSSR count). The van der Waals surface area contributed by atoms with Crippen molar-refractivity contribution in [1.82, 2.24) is 4.90 Å². The summed E-state index contributed by atoms with van der Waals surface area (Å²) in [7, 11) is 1.84. The number of rotatable bonds is 9. The number of likely N-dealkylation sites (N-methyl/N-ethyl adjacent to an activating group) is 1. The molecule has 1 unspecified atom stereocenters. The number of aliphatic hydroxyl groups excluding tert-OH is 1. The number of carbonyl (C=O) groups excluding carboxylic acids is 1. The Morgan fingerprint density at radius 1 is 1.48 bits per heavy atom. The van der Waals surface area contributed by atoms with Gasteiger partial charge in [0.2, 0.25) is 5.91 Å². The summed E-state index contributed by atoms with van der Waals surface area (Å²) in [6, 6.07) is 7.81. The van der Waals surface area contributed by atoms with Crippen LogP contribution >= 0.6 is 0 Å². The highest BCUT2D eigenvalue weighted by atomic mass is 16.3. The standard InChI is InChI=1S/C17H26N2O2/c1-4-6-10-15(20)12-19(3)13-17(21)18-16-11-8-7-9-14(16)5-2/h4,7-9,11,15,20H,1,5-6,10,12-13H2,2-3H3,(H,18,21). The van der Waals surface area contributed by atoms with Gasteiger partial charge in [0, 0.05) is 12.2 Å². The SMILES string of the molecule is C=CCCC(O)CN(C)CC(=O)Nc1ccccc1CC. The highest BCUT2D eigenvalue weighted by molar-refractivity contribution is 5.92. The van der Waals surface area contributed by atoms with Crippen molar-refractivity contribution >= 4 is 11.6 Å². The van der Waals surface area contributed by atoms with Gasteiger partial charge < -0.3 is 10.4 Å². The first-order chi connectivity index (χ1) is 10.1. The second kappa shape index (κ2) is 9.32. The second-order valence-electron chi connectivity index (χ2n) is 5.28. The number of nitrogens with one attached hydrogen (secondary N) is 1. The number of carbonyl (C=O) groups is 1. The molecule has 0 fully saturated rings. The number of hydrogen-bond donors (Lipinski definition) is 2. The van der Waals surface area contributed by atoms with Gasteiger partial charge in [-0.1, -0.05) is 31.2 Å². The minimum atomic E-state index is -0.427. The number of aryl methyl sites for hydroxylation is 1. The largest absolute Gasteiger partial charge is 0.392 e. The van der Waals surface area contributed by atoms with Gasteiger partial charge in [0.15, 0.2) is 0 Å². The van der Waals surface area contributed by atoms with Crippen LogP contribution in [0.15, 0.2) is 36.9 Å². The molecule has 1 atom stereocenters. The van der Waals surface area contributed by atoms with E-state index in [4.69, 9.17) is 0 Å². The molecule has 1 amide bonds. The van der Waals surface area contributed by atoms with Crippen molar-refractivity contribution < 1.29 is 9.90 Å². The summed E-state index contributed by atoms with van der Waals surface area (Å²) in [5, 5.41) is 12.7. The molecule has 21 heavy (non-hydrogen) atoms. The maximum Gasteiger partial charge on any atom is 0.238 e. The average molecular weight is 290 g/mol. The topological polar surface area (TPSA) is 52.6 Å². The predicted molar refractivity (Wildman–Crippen MR) is 87.4 cm³/mol. The smallest absolute Gasteiger partial charge is 0.238 e. The molecule has 4 heteroatoms. The fraction of sp³-hybridized carbons (Fsp3) is 0.471. The Morgan fingerprint density at radius 3 is 2.86 bits per heavy atom. The number of para-hydroxylation sites is 1. The Bertz CT molecular complexity index is 460. The Kier molecular flexibility index (Phi) is 7.72. The monoisotopic (exact) mass is 290 g/mol. The first-order valence-corrected chi connectivity index (χ1v) is 7.42. The number of aliphatic hydroxyl groups is 1. The van der Waals surface area contributed by atoms with Gasteiger partial charge in [-0.2, -0.15) is 0 Å². The number of amides is 1. The molecular weight excluding hydrogens is 264 g/mol. The molecule has 116 valence electrons. The van der Waals surface area contributed by atoms with Crippen LogP contribution < -0.4 is 5.32 Å². The lowest BCUT2D eigenvalue weighted by Gasteiger charge is -2.20. The van der Waals surface area contributed by atoms with E-state index in [1.807, 2.05) is 36.2 Å². The molecule has 1 aromatic carbocycles. The first-order valence-electron chi connectivity index (χ1n) is 7.42. The van der Waals surface area contributed by atoms with E-state index in [9.17, 15) is 9.90 Å². The number of nitrogens with zero attached hydrogens (tertiary/aromatic N) is 1. The van der Waals surface area contributed by atoms with Crippen LogP contribution in [-0.4, -0.2) is 42.2 Å². The van der Waals surface area contributed by atoms with E-state index in [1.54, 1.807) is 6.08 Å². The highest BCUT2D eigenvalue weighted by Crippen LogP contribution is 2.15. The van der Waals surface area contributed by atoms with Gasteiger partial charge in [0.25, 0.3) is 0 Å². The Hall–Kier alpha value is -1.65. The van der Waals surface area contributed by atoms with Crippen LogP contribution in [0.4, 0.5) is 5.69 Å². The van der Waals surface area contributed by atoms with Gasteiger partial charge in [0.1, 0.15) is 0 Å². The molecule has 2 N–H and O–H groups in total. The third-order valence-electron chi connectivity index (χ3n) is 3.31. The van der Waals surface area contributed by atoms with Gasteiger partial charge in [0.05, 0.1) is 12.6 Å². The molecule has 0 spiro atoms. The molecule has 0 aliphatic heterocycles. The molecule has 0 bridgehead atoms. The molecular formula is C17H26N2O2. The normalized spacial score (nSPS) is 12.2. The minimum absolute atomic E-state index is 0.0608. The van der Waals surface area contributed by atoms with Crippen LogP contribution in [0, 0.1) is 0 Å². The number of allylic oxidation sites excluding steroid dienone is 1. The maximum atomic E-state index is 12.0. The molecule has 0 aliphatic carbocycles. The maximum absolute atomic E-state index is 12.0. The van der Waals surface area contributed by atoms with Crippen molar-refractivity contribution in [3.63, 3.8) is 0 Å². The minimum Gasteiger partial charge on any atom is -0.392 e. The van der Waals surface area contributed by atoms with Crippen molar-refractivity contribution in [3.8, 4) is 0 Å². The highest BCUT2D eigenvalue weighted by Gasteiger charge is 2.12. The van der Waals surface area contributed by atoms with E-state index in [2.05, 4.69) is 18.8 Å². The van der Waals surface area contributed by atoms with E-state index in [1.165, 1.54) is 0 Å². The first kappa shape index (κ1) is 17.4. The summed E-state index contributed by atoms with van der Waals surface area (Å²) in [6.45, 7) is 6.45. The second-order valence-corrected chi connectivity index (χ2v) is 5.28. The fourth-order valence-electron chi connectivity index (χ4n) is 2.21. The molecule has 1 aromatic rings.